The minimum Gasteiger partial charge on any atom is -0.497 e. The van der Waals surface area contributed by atoms with Gasteiger partial charge in [-0.25, -0.2) is 0 Å². The van der Waals surface area contributed by atoms with Crippen molar-refractivity contribution in [3.8, 4) is 17.2 Å². The Morgan fingerprint density at radius 3 is 2.72 bits per heavy atom. The van der Waals surface area contributed by atoms with Crippen LogP contribution >= 0.6 is 12.4 Å². The molecule has 1 saturated heterocycles. The molecule has 2 atom stereocenters. The van der Waals surface area contributed by atoms with Crippen molar-refractivity contribution in [2.24, 2.45) is 11.7 Å². The fourth-order valence-corrected chi connectivity index (χ4v) is 3.68. The molecule has 0 bridgehead atoms. The van der Waals surface area contributed by atoms with Gasteiger partial charge in [0.05, 0.1) is 7.11 Å². The minimum atomic E-state index is -0.241. The first kappa shape index (κ1) is 20.8. The summed E-state index contributed by atoms with van der Waals surface area (Å²) in [6.07, 6.45) is 0. The lowest BCUT2D eigenvalue weighted by Crippen LogP contribution is -2.30. The Morgan fingerprint density at radius 2 is 2.00 bits per heavy atom. The zero-order valence-corrected chi connectivity index (χ0v) is 16.8. The number of aromatic nitrogens is 2. The molecule has 2 aromatic carbocycles. The molecule has 1 aromatic heterocycles. The fraction of sp³-hybridized carbons (Fsp3) is 0.286. The average molecular weight is 415 g/mol. The van der Waals surface area contributed by atoms with Crippen molar-refractivity contribution in [3.05, 3.63) is 66.0 Å². The van der Waals surface area contributed by atoms with E-state index in [1.54, 1.807) is 18.1 Å². The predicted molar refractivity (Wildman–Crippen MR) is 111 cm³/mol. The molecule has 0 radical (unpaired) electrons. The van der Waals surface area contributed by atoms with Crippen LogP contribution < -0.4 is 10.5 Å². The third kappa shape index (κ3) is 4.26. The number of nitrogens with two attached hydrogens (primary N) is 1. The molecule has 1 fully saturated rings. The van der Waals surface area contributed by atoms with Crippen LogP contribution in [0.25, 0.3) is 11.5 Å². The first-order chi connectivity index (χ1) is 13.7. The van der Waals surface area contributed by atoms with Gasteiger partial charge in [0.2, 0.25) is 0 Å². The van der Waals surface area contributed by atoms with Gasteiger partial charge >= 0.3 is 0 Å². The van der Waals surface area contributed by atoms with Crippen molar-refractivity contribution in [2.75, 3.05) is 26.7 Å². The van der Waals surface area contributed by atoms with E-state index in [1.165, 1.54) is 5.56 Å². The maximum absolute atomic E-state index is 12.9. The summed E-state index contributed by atoms with van der Waals surface area (Å²) in [5.74, 6) is 1.20. The second-order valence-electron chi connectivity index (χ2n) is 6.88. The van der Waals surface area contributed by atoms with E-state index in [1.807, 2.05) is 36.4 Å². The van der Waals surface area contributed by atoms with E-state index in [9.17, 15) is 4.79 Å². The first-order valence-electron chi connectivity index (χ1n) is 9.22. The van der Waals surface area contributed by atoms with Crippen molar-refractivity contribution in [1.29, 1.82) is 0 Å². The highest BCUT2D eigenvalue weighted by atomic mass is 35.5. The van der Waals surface area contributed by atoms with Gasteiger partial charge in [0.25, 0.3) is 17.6 Å². The number of methoxy groups -OCH3 is 1. The van der Waals surface area contributed by atoms with Gasteiger partial charge in [0, 0.05) is 24.6 Å². The lowest BCUT2D eigenvalue weighted by Gasteiger charge is -2.16. The number of rotatable bonds is 5. The average Bonchev–Trinajstić information content (AvgIpc) is 3.41. The highest BCUT2D eigenvalue weighted by molar-refractivity contribution is 5.91. The highest BCUT2D eigenvalue weighted by Crippen LogP contribution is 2.32. The Kier molecular flexibility index (Phi) is 6.51. The maximum Gasteiger partial charge on any atom is 0.295 e. The van der Waals surface area contributed by atoms with E-state index < -0.39 is 0 Å². The number of benzene rings is 2. The summed E-state index contributed by atoms with van der Waals surface area (Å²) in [5, 5.41) is 3.89. The fourth-order valence-electron chi connectivity index (χ4n) is 3.68. The smallest absolute Gasteiger partial charge is 0.295 e. The summed E-state index contributed by atoms with van der Waals surface area (Å²) in [6, 6.07) is 17.4. The van der Waals surface area contributed by atoms with E-state index in [0.29, 0.717) is 30.9 Å². The van der Waals surface area contributed by atoms with Gasteiger partial charge in [-0.2, -0.15) is 4.98 Å². The number of hydrogen-bond donors (Lipinski definition) is 1. The van der Waals surface area contributed by atoms with E-state index >= 15 is 0 Å². The number of amides is 1. The van der Waals surface area contributed by atoms with Crippen LogP contribution in [-0.4, -0.2) is 47.7 Å². The molecule has 1 amide bonds. The monoisotopic (exact) mass is 414 g/mol. The topological polar surface area (TPSA) is 94.5 Å². The molecule has 1 aliphatic heterocycles. The quantitative estimate of drug-likeness (QED) is 0.689. The standard InChI is InChI=1S/C21H22N4O3.ClH/c1-27-17-9-5-8-15(10-17)20-23-19(24-28-20)21(26)25-12-16(11-22)18(13-25)14-6-3-2-4-7-14;/h2-10,16,18H,11-13,22H2,1H3;1H/t16-,18+;/m1./s1. The van der Waals surface area contributed by atoms with Gasteiger partial charge < -0.3 is 19.9 Å². The Hall–Kier alpha value is -2.90. The first-order valence-corrected chi connectivity index (χ1v) is 9.22. The second-order valence-corrected chi connectivity index (χ2v) is 6.88. The van der Waals surface area contributed by atoms with Crippen LogP contribution in [0.5, 0.6) is 5.75 Å². The van der Waals surface area contributed by atoms with Crippen LogP contribution in [0.1, 0.15) is 22.1 Å². The number of hydrogen-bond acceptors (Lipinski definition) is 6. The number of halogens is 1. The van der Waals surface area contributed by atoms with E-state index in [4.69, 9.17) is 15.0 Å². The Morgan fingerprint density at radius 1 is 1.21 bits per heavy atom. The number of carbonyl (C=O) groups is 1. The van der Waals surface area contributed by atoms with Gasteiger partial charge in [-0.1, -0.05) is 41.6 Å². The Bertz CT molecular complexity index is 963. The molecular weight excluding hydrogens is 392 g/mol. The van der Waals surface area contributed by atoms with Gasteiger partial charge in [0.1, 0.15) is 5.75 Å². The van der Waals surface area contributed by atoms with Crippen LogP contribution in [0.4, 0.5) is 0 Å². The SMILES string of the molecule is COc1cccc(-c2nc(C(=O)N3C[C@@H](CN)[C@H](c4ccccc4)C3)no2)c1.Cl. The molecule has 0 aliphatic carbocycles. The zero-order valence-electron chi connectivity index (χ0n) is 16.0. The van der Waals surface area contributed by atoms with Crippen LogP contribution in [0.15, 0.2) is 59.1 Å². The lowest BCUT2D eigenvalue weighted by atomic mass is 9.89. The van der Waals surface area contributed by atoms with Crippen molar-refractivity contribution in [3.63, 3.8) is 0 Å². The van der Waals surface area contributed by atoms with E-state index in [2.05, 4.69) is 22.3 Å². The molecule has 0 spiro atoms. The predicted octanol–water partition coefficient (Wildman–Crippen LogP) is 2.98. The molecule has 152 valence electrons. The largest absolute Gasteiger partial charge is 0.497 e. The molecule has 7 nitrogen and oxygen atoms in total. The lowest BCUT2D eigenvalue weighted by molar-refractivity contribution is 0.0771. The minimum absolute atomic E-state index is 0. The molecule has 2 heterocycles. The van der Waals surface area contributed by atoms with Crippen molar-refractivity contribution in [2.45, 2.75) is 5.92 Å². The summed E-state index contributed by atoms with van der Waals surface area (Å²) in [6.45, 7) is 1.69. The number of likely N-dealkylation sites (tertiary alicyclic amines) is 1. The van der Waals surface area contributed by atoms with E-state index in [-0.39, 0.29) is 41.9 Å². The molecule has 29 heavy (non-hydrogen) atoms. The third-order valence-corrected chi connectivity index (χ3v) is 5.19. The Balaban J connectivity index is 0.00000240. The van der Waals surface area contributed by atoms with Crippen LogP contribution in [0, 0.1) is 5.92 Å². The third-order valence-electron chi connectivity index (χ3n) is 5.19. The second kappa shape index (κ2) is 9.07. The summed E-state index contributed by atoms with van der Waals surface area (Å²) in [7, 11) is 1.59. The molecule has 3 aromatic rings. The Labute approximate surface area is 175 Å². The number of carbonyl (C=O) groups excluding carboxylic acids is 1. The molecule has 0 saturated carbocycles. The summed E-state index contributed by atoms with van der Waals surface area (Å²) < 4.78 is 10.5. The maximum atomic E-state index is 12.9. The van der Waals surface area contributed by atoms with Gasteiger partial charge in [-0.05, 0) is 36.2 Å². The highest BCUT2D eigenvalue weighted by Gasteiger charge is 2.37. The summed E-state index contributed by atoms with van der Waals surface area (Å²) in [4.78, 5) is 19.0. The van der Waals surface area contributed by atoms with Crippen molar-refractivity contribution >= 4 is 18.3 Å². The number of nitrogens with zero attached hydrogens (tertiary/aromatic N) is 3. The zero-order chi connectivity index (χ0) is 19.5. The van der Waals surface area contributed by atoms with Crippen LogP contribution in [0.3, 0.4) is 0 Å². The van der Waals surface area contributed by atoms with Gasteiger partial charge in [-0.3, -0.25) is 4.79 Å². The molecule has 0 unspecified atom stereocenters. The molecule has 1 aliphatic rings. The van der Waals surface area contributed by atoms with Gasteiger partial charge in [-0.15, -0.1) is 12.4 Å². The molecule has 4 rings (SSSR count). The van der Waals surface area contributed by atoms with Crippen molar-refractivity contribution < 1.29 is 14.1 Å². The number of ether oxygens (including phenoxy) is 1. The summed E-state index contributed by atoms with van der Waals surface area (Å²) in [5.41, 5.74) is 7.87. The molecule has 8 heteroatoms. The molecular formula is C21H23ClN4O3. The van der Waals surface area contributed by atoms with Crippen LogP contribution in [0.2, 0.25) is 0 Å². The van der Waals surface area contributed by atoms with E-state index in [0.717, 1.165) is 0 Å². The normalized spacial score (nSPS) is 18.3. The summed E-state index contributed by atoms with van der Waals surface area (Å²) >= 11 is 0. The van der Waals surface area contributed by atoms with Crippen molar-refractivity contribution in [1.82, 2.24) is 15.0 Å². The van der Waals surface area contributed by atoms with Gasteiger partial charge in [0.15, 0.2) is 0 Å². The molecule has 2 N–H and O–H groups in total. The van der Waals surface area contributed by atoms with Crippen LogP contribution in [-0.2, 0) is 0 Å².